The van der Waals surface area contributed by atoms with Crippen LogP contribution in [-0.2, 0) is 21.5 Å². The average molecular weight is 844 g/mol. The summed E-state index contributed by atoms with van der Waals surface area (Å²) in [4.78, 5) is 41.0. The number of hydrogen-bond donors (Lipinski definition) is 3. The third-order valence-corrected chi connectivity index (χ3v) is 11.3. The molecule has 13 heteroatoms. The zero-order valence-electron chi connectivity index (χ0n) is 34.4. The standard InChI is InChI=1S/C49H47F2N3O8/c1-59-40-23-19-37(20-24-40)49(36-12-7-5-8-13-36,38-21-25-41(60-2)26-22-38)61-32-43-42(55)30-44(62-43)54-31-35(46(57)53-47(54)58)11-10-28-52-45(56)34-17-15-33(16-18-34)29-39-14-6-3-4-9-27-48(39,50)51/h5,7-8,12-13,15-26,31,39,42-44,55H,3-4,6,14,28-30,32H2,1-2H3,(H,52,56)(H,53,57,58)/t39?,42-,43+,44+/m0/s1. The second-order valence-corrected chi connectivity index (χ2v) is 15.2. The topological polar surface area (TPSA) is 141 Å². The number of nitrogens with one attached hydrogen (secondary N) is 2. The number of benzene rings is 4. The smallest absolute Gasteiger partial charge is 0.330 e. The van der Waals surface area contributed by atoms with Crippen LogP contribution in [0.25, 0.3) is 0 Å². The maximum absolute atomic E-state index is 14.6. The lowest BCUT2D eigenvalue weighted by molar-refractivity contribution is -0.0944. The molecule has 3 N–H and O–H groups in total. The van der Waals surface area contributed by atoms with Crippen LogP contribution < -0.4 is 26.0 Å². The van der Waals surface area contributed by atoms with Gasteiger partial charge in [0.2, 0.25) is 0 Å². The van der Waals surface area contributed by atoms with Gasteiger partial charge in [0.25, 0.3) is 11.5 Å². The number of H-pyrrole nitrogens is 1. The van der Waals surface area contributed by atoms with Gasteiger partial charge in [0.05, 0.1) is 33.5 Å². The molecular formula is C49H47F2N3O8. The van der Waals surface area contributed by atoms with Gasteiger partial charge in [-0.3, -0.25) is 19.1 Å². The van der Waals surface area contributed by atoms with Gasteiger partial charge in [-0.05, 0) is 83.8 Å². The van der Waals surface area contributed by atoms with Crippen molar-refractivity contribution in [3.05, 3.63) is 164 Å². The molecule has 1 amide bonds. The van der Waals surface area contributed by atoms with E-state index in [1.54, 1.807) is 38.5 Å². The molecule has 7 rings (SSSR count). The number of hydrogen-bond acceptors (Lipinski definition) is 8. The predicted molar refractivity (Wildman–Crippen MR) is 228 cm³/mol. The van der Waals surface area contributed by atoms with Gasteiger partial charge in [-0.2, -0.15) is 8.78 Å². The van der Waals surface area contributed by atoms with Crippen molar-refractivity contribution in [1.82, 2.24) is 14.9 Å². The van der Waals surface area contributed by atoms with Crippen LogP contribution in [0.5, 0.6) is 11.5 Å². The summed E-state index contributed by atoms with van der Waals surface area (Å²) >= 11 is 0. The second kappa shape index (κ2) is 19.5. The number of carbonyl (C=O) groups is 1. The Kier molecular flexibility index (Phi) is 13.7. The number of rotatable bonds is 13. The fourth-order valence-corrected chi connectivity index (χ4v) is 7.85. The lowest BCUT2D eigenvalue weighted by atomic mass is 9.80. The van der Waals surface area contributed by atoms with E-state index in [2.05, 4.69) is 34.0 Å². The molecule has 1 saturated heterocycles. The Bertz CT molecular complexity index is 2520. The highest BCUT2D eigenvalue weighted by Gasteiger charge is 2.42. The van der Waals surface area contributed by atoms with E-state index in [-0.39, 0.29) is 31.6 Å². The maximum Gasteiger partial charge on any atom is 0.330 e. The van der Waals surface area contributed by atoms with Gasteiger partial charge in [-0.1, -0.05) is 90.9 Å². The first-order chi connectivity index (χ1) is 30.0. The number of aromatic nitrogens is 2. The molecule has 1 aliphatic carbocycles. The van der Waals surface area contributed by atoms with E-state index in [0.29, 0.717) is 41.9 Å². The second-order valence-electron chi connectivity index (χ2n) is 15.2. The van der Waals surface area contributed by atoms with E-state index in [1.807, 2.05) is 78.9 Å². The summed E-state index contributed by atoms with van der Waals surface area (Å²) in [5.74, 6) is 7.08. The first kappa shape index (κ1) is 43.6. The number of halogens is 2. The van der Waals surface area contributed by atoms with Crippen molar-refractivity contribution in [2.24, 2.45) is 5.92 Å². The van der Waals surface area contributed by atoms with E-state index >= 15 is 0 Å². The number of ether oxygens (including phenoxy) is 4. The average Bonchev–Trinajstić information content (AvgIpc) is 3.66. The Balaban J connectivity index is 1.03. The van der Waals surface area contributed by atoms with Gasteiger partial charge in [0.15, 0.2) is 0 Å². The van der Waals surface area contributed by atoms with Crippen molar-refractivity contribution in [2.45, 2.75) is 68.5 Å². The van der Waals surface area contributed by atoms with Crippen molar-refractivity contribution in [1.29, 1.82) is 0 Å². The van der Waals surface area contributed by atoms with Gasteiger partial charge >= 0.3 is 11.6 Å². The zero-order chi connectivity index (χ0) is 43.7. The van der Waals surface area contributed by atoms with Gasteiger partial charge in [-0.25, -0.2) is 4.79 Å². The Morgan fingerprint density at radius 1 is 0.935 bits per heavy atom. The summed E-state index contributed by atoms with van der Waals surface area (Å²) in [5, 5.41) is 14.0. The summed E-state index contributed by atoms with van der Waals surface area (Å²) in [5.41, 5.74) is 0.667. The summed E-state index contributed by atoms with van der Waals surface area (Å²) in [6.07, 6.45) is 0.879. The molecule has 4 aromatic carbocycles. The van der Waals surface area contributed by atoms with E-state index < -0.39 is 53.0 Å². The summed E-state index contributed by atoms with van der Waals surface area (Å²) < 4.78 is 54.4. The number of aliphatic hydroxyl groups is 1. The number of nitrogens with zero attached hydrogens (tertiary/aromatic N) is 1. The van der Waals surface area contributed by atoms with Crippen LogP contribution in [0.2, 0.25) is 0 Å². The Hall–Kier alpha value is -6.51. The van der Waals surface area contributed by atoms with Crippen molar-refractivity contribution >= 4 is 5.91 Å². The molecule has 1 aliphatic heterocycles. The number of aliphatic hydroxyl groups excluding tert-OH is 1. The van der Waals surface area contributed by atoms with Crippen LogP contribution >= 0.6 is 0 Å². The minimum atomic E-state index is -3.07. The number of amides is 1. The molecular weight excluding hydrogens is 797 g/mol. The third-order valence-electron chi connectivity index (χ3n) is 11.3. The van der Waals surface area contributed by atoms with Gasteiger partial charge in [0, 0.05) is 30.5 Å². The lowest BCUT2D eigenvalue weighted by Crippen LogP contribution is -2.38. The largest absolute Gasteiger partial charge is 0.497 e. The Morgan fingerprint density at radius 3 is 2.23 bits per heavy atom. The monoisotopic (exact) mass is 843 g/mol. The molecule has 0 bridgehead atoms. The van der Waals surface area contributed by atoms with E-state index in [9.17, 15) is 28.3 Å². The van der Waals surface area contributed by atoms with Gasteiger partial charge < -0.3 is 29.4 Å². The molecule has 5 aromatic rings. The lowest BCUT2D eigenvalue weighted by Gasteiger charge is -2.37. The highest BCUT2D eigenvalue weighted by molar-refractivity contribution is 5.94. The quantitative estimate of drug-likeness (QED) is 0.0919. The minimum Gasteiger partial charge on any atom is -0.497 e. The number of carbonyl (C=O) groups excluding carboxylic acids is 1. The molecule has 1 unspecified atom stereocenters. The Morgan fingerprint density at radius 2 is 1.58 bits per heavy atom. The SMILES string of the molecule is COc1ccc(C(OC[C@H]2O[C@@H](n3cc(C#CCNC(=O)c4ccc(CC5CCCCC#CC5(F)F)cc4)c(=O)[nH]c3=O)C[C@@H]2O)(c2ccccc2)c2ccc(OC)cc2)cc1. The molecule has 11 nitrogen and oxygen atoms in total. The predicted octanol–water partition coefficient (Wildman–Crippen LogP) is 6.36. The normalized spacial score (nSPS) is 19.4. The van der Waals surface area contributed by atoms with Crippen LogP contribution in [0.1, 0.15) is 76.5 Å². The fraction of sp³-hybridized carbons (Fsp3) is 0.327. The fourth-order valence-electron chi connectivity index (χ4n) is 7.85. The molecule has 62 heavy (non-hydrogen) atoms. The van der Waals surface area contributed by atoms with Crippen LogP contribution in [-0.4, -0.2) is 66.1 Å². The molecule has 0 saturated carbocycles. The molecule has 2 heterocycles. The first-order valence-corrected chi connectivity index (χ1v) is 20.4. The van der Waals surface area contributed by atoms with Crippen LogP contribution in [0.4, 0.5) is 8.78 Å². The zero-order valence-corrected chi connectivity index (χ0v) is 34.4. The first-order valence-electron chi connectivity index (χ1n) is 20.4. The van der Waals surface area contributed by atoms with E-state index in [0.717, 1.165) is 23.1 Å². The molecule has 4 atom stereocenters. The third kappa shape index (κ3) is 9.82. The van der Waals surface area contributed by atoms with Gasteiger partial charge in [-0.15, -0.1) is 0 Å². The highest BCUT2D eigenvalue weighted by atomic mass is 19.3. The number of methoxy groups -OCH3 is 2. The Labute approximate surface area is 358 Å². The van der Waals surface area contributed by atoms with Crippen molar-refractivity contribution in [3.8, 4) is 35.2 Å². The van der Waals surface area contributed by atoms with Crippen molar-refractivity contribution < 1.29 is 37.6 Å². The van der Waals surface area contributed by atoms with E-state index in [1.165, 1.54) is 10.8 Å². The molecule has 320 valence electrons. The van der Waals surface area contributed by atoms with Crippen LogP contribution in [0, 0.1) is 29.6 Å². The van der Waals surface area contributed by atoms with E-state index in [4.69, 9.17) is 18.9 Å². The van der Waals surface area contributed by atoms with Crippen molar-refractivity contribution in [2.75, 3.05) is 27.4 Å². The maximum atomic E-state index is 14.6. The summed E-state index contributed by atoms with van der Waals surface area (Å²) in [6.45, 7) is -0.223. The van der Waals surface area contributed by atoms with Gasteiger partial charge in [0.1, 0.15) is 35.0 Å². The molecule has 0 spiro atoms. The van der Waals surface area contributed by atoms with Crippen molar-refractivity contribution in [3.63, 3.8) is 0 Å². The molecule has 1 aromatic heterocycles. The summed E-state index contributed by atoms with van der Waals surface area (Å²) in [6, 6.07) is 31.2. The summed E-state index contributed by atoms with van der Waals surface area (Å²) in [7, 11) is 3.18. The van der Waals surface area contributed by atoms with Crippen LogP contribution in [0.15, 0.2) is 119 Å². The number of aromatic amines is 1. The van der Waals surface area contributed by atoms with Crippen LogP contribution in [0.3, 0.4) is 0 Å². The molecule has 0 radical (unpaired) electrons. The minimum absolute atomic E-state index is 0.0162. The highest BCUT2D eigenvalue weighted by Crippen LogP contribution is 2.43. The molecule has 1 fully saturated rings. The molecule has 2 aliphatic rings. The number of alkyl halides is 2.